The van der Waals surface area contributed by atoms with Crippen LogP contribution in [0, 0.1) is 11.3 Å². The lowest BCUT2D eigenvalue weighted by Crippen LogP contribution is -1.87. The Morgan fingerprint density at radius 2 is 2.20 bits per heavy atom. The average Bonchev–Trinajstić information content (AvgIpc) is 2.59. The van der Waals surface area contributed by atoms with Gasteiger partial charge in [-0.25, -0.2) is 0 Å². The average molecular weight is 235 g/mol. The summed E-state index contributed by atoms with van der Waals surface area (Å²) in [4.78, 5) is 0.546. The lowest BCUT2D eigenvalue weighted by molar-refractivity contribution is 1.52. The molecule has 1 aromatic heterocycles. The molecule has 2 rings (SSSR count). The van der Waals surface area contributed by atoms with Crippen LogP contribution in [0.3, 0.4) is 0 Å². The van der Waals surface area contributed by atoms with E-state index in [4.69, 9.17) is 22.6 Å². The van der Waals surface area contributed by atoms with Gasteiger partial charge in [-0.05, 0) is 17.7 Å². The highest BCUT2D eigenvalue weighted by atomic mass is 35.5. The van der Waals surface area contributed by atoms with E-state index >= 15 is 0 Å². The number of benzene rings is 1. The second-order valence-electron chi connectivity index (χ2n) is 3.01. The number of hydrogen-bond donors (Lipinski definition) is 1. The zero-order valence-corrected chi connectivity index (χ0v) is 9.27. The van der Waals surface area contributed by atoms with E-state index in [1.807, 2.05) is 23.6 Å². The first-order valence-electron chi connectivity index (χ1n) is 4.25. The normalized spacial score (nSPS) is 9.87. The third kappa shape index (κ3) is 1.82. The Labute approximate surface area is 96.5 Å². The fraction of sp³-hybridized carbons (Fsp3) is 0. The number of rotatable bonds is 1. The summed E-state index contributed by atoms with van der Waals surface area (Å²) >= 11 is 7.23. The van der Waals surface area contributed by atoms with Crippen molar-refractivity contribution in [1.82, 2.24) is 0 Å². The van der Waals surface area contributed by atoms with Crippen LogP contribution in [-0.2, 0) is 0 Å². The molecule has 0 aliphatic rings. The molecule has 1 aromatic carbocycles. The van der Waals surface area contributed by atoms with Crippen molar-refractivity contribution in [2.75, 3.05) is 5.73 Å². The molecule has 0 bridgehead atoms. The fourth-order valence-electron chi connectivity index (χ4n) is 1.33. The number of thiophene rings is 1. The van der Waals surface area contributed by atoms with Crippen LogP contribution in [0.4, 0.5) is 5.69 Å². The molecule has 0 saturated carbocycles. The fourth-order valence-corrected chi connectivity index (χ4v) is 2.31. The van der Waals surface area contributed by atoms with Crippen LogP contribution in [0.2, 0.25) is 5.02 Å². The second-order valence-corrected chi connectivity index (χ2v) is 4.33. The number of nitriles is 1. The van der Waals surface area contributed by atoms with Crippen molar-refractivity contribution in [1.29, 1.82) is 5.26 Å². The van der Waals surface area contributed by atoms with Crippen LogP contribution >= 0.6 is 22.9 Å². The highest BCUT2D eigenvalue weighted by Crippen LogP contribution is 2.34. The van der Waals surface area contributed by atoms with Gasteiger partial charge in [0.05, 0.1) is 5.69 Å². The summed E-state index contributed by atoms with van der Waals surface area (Å²) < 4.78 is 0. The van der Waals surface area contributed by atoms with Crippen molar-refractivity contribution in [3.05, 3.63) is 39.5 Å². The van der Waals surface area contributed by atoms with Gasteiger partial charge >= 0.3 is 0 Å². The molecule has 0 amide bonds. The summed E-state index contributed by atoms with van der Waals surface area (Å²) in [5.41, 5.74) is 8.19. The van der Waals surface area contributed by atoms with Crippen molar-refractivity contribution < 1.29 is 0 Å². The molecule has 0 spiro atoms. The summed E-state index contributed by atoms with van der Waals surface area (Å²) in [6.45, 7) is 0. The minimum Gasteiger partial charge on any atom is -0.396 e. The van der Waals surface area contributed by atoms with E-state index in [0.29, 0.717) is 15.6 Å². The van der Waals surface area contributed by atoms with E-state index in [9.17, 15) is 0 Å². The van der Waals surface area contributed by atoms with Gasteiger partial charge < -0.3 is 5.73 Å². The first-order valence-corrected chi connectivity index (χ1v) is 5.51. The van der Waals surface area contributed by atoms with Crippen molar-refractivity contribution in [2.24, 2.45) is 0 Å². The zero-order valence-electron chi connectivity index (χ0n) is 7.70. The number of anilines is 1. The Kier molecular flexibility index (Phi) is 2.63. The number of halogens is 1. The molecule has 4 heteroatoms. The maximum Gasteiger partial charge on any atom is 0.128 e. The van der Waals surface area contributed by atoms with Gasteiger partial charge in [0, 0.05) is 16.0 Å². The molecule has 0 radical (unpaired) electrons. The molecule has 0 aliphatic carbocycles. The largest absolute Gasteiger partial charge is 0.396 e. The van der Waals surface area contributed by atoms with E-state index < -0.39 is 0 Å². The second kappa shape index (κ2) is 3.93. The van der Waals surface area contributed by atoms with Crippen molar-refractivity contribution in [3.8, 4) is 17.2 Å². The van der Waals surface area contributed by atoms with Gasteiger partial charge in [0.15, 0.2) is 0 Å². The maximum absolute atomic E-state index is 8.79. The van der Waals surface area contributed by atoms with Crippen LogP contribution < -0.4 is 5.73 Å². The zero-order chi connectivity index (χ0) is 10.8. The van der Waals surface area contributed by atoms with Gasteiger partial charge in [-0.15, -0.1) is 11.3 Å². The summed E-state index contributed by atoms with van der Waals surface area (Å²) in [6.07, 6.45) is 0. The van der Waals surface area contributed by atoms with Crippen LogP contribution in [0.25, 0.3) is 11.1 Å². The molecule has 0 atom stereocenters. The topological polar surface area (TPSA) is 49.8 Å². The van der Waals surface area contributed by atoms with Gasteiger partial charge in [0.25, 0.3) is 0 Å². The van der Waals surface area contributed by atoms with Crippen LogP contribution in [0.15, 0.2) is 29.6 Å². The van der Waals surface area contributed by atoms with E-state index in [1.165, 1.54) is 11.3 Å². The Balaban J connectivity index is 2.56. The Hall–Kier alpha value is -1.50. The lowest BCUT2D eigenvalue weighted by Gasteiger charge is -2.00. The number of hydrogen-bond acceptors (Lipinski definition) is 3. The summed E-state index contributed by atoms with van der Waals surface area (Å²) in [5, 5.41) is 11.3. The SMILES string of the molecule is N#Cc1scc(-c2cccc(Cl)c2)c1N. The predicted molar refractivity (Wildman–Crippen MR) is 63.9 cm³/mol. The molecule has 0 fully saturated rings. The number of nitrogens with zero attached hydrogens (tertiary/aromatic N) is 1. The van der Waals surface area contributed by atoms with Gasteiger partial charge in [-0.2, -0.15) is 5.26 Å². The number of nitrogen functional groups attached to an aromatic ring is 1. The van der Waals surface area contributed by atoms with Gasteiger partial charge in [0.2, 0.25) is 0 Å². The van der Waals surface area contributed by atoms with Crippen LogP contribution in [0.1, 0.15) is 4.88 Å². The Morgan fingerprint density at radius 3 is 2.80 bits per heavy atom. The molecule has 2 aromatic rings. The van der Waals surface area contributed by atoms with E-state index in [2.05, 4.69) is 6.07 Å². The Morgan fingerprint density at radius 1 is 1.40 bits per heavy atom. The van der Waals surface area contributed by atoms with Gasteiger partial charge in [-0.1, -0.05) is 23.7 Å². The standard InChI is InChI=1S/C11H7ClN2S/c12-8-3-1-2-7(4-8)9-6-15-10(5-13)11(9)14/h1-4,6H,14H2. The van der Waals surface area contributed by atoms with Crippen molar-refractivity contribution in [2.45, 2.75) is 0 Å². The minimum absolute atomic E-state index is 0.532. The first kappa shape index (κ1) is 10.0. The van der Waals surface area contributed by atoms with E-state index in [1.54, 1.807) is 6.07 Å². The van der Waals surface area contributed by atoms with Crippen molar-refractivity contribution in [3.63, 3.8) is 0 Å². The van der Waals surface area contributed by atoms with Crippen LogP contribution in [0.5, 0.6) is 0 Å². The molecule has 15 heavy (non-hydrogen) atoms. The first-order chi connectivity index (χ1) is 7.22. The lowest BCUT2D eigenvalue weighted by atomic mass is 10.1. The molecule has 0 aliphatic heterocycles. The highest BCUT2D eigenvalue weighted by Gasteiger charge is 2.09. The van der Waals surface area contributed by atoms with Crippen LogP contribution in [-0.4, -0.2) is 0 Å². The molecule has 0 saturated heterocycles. The molecule has 0 unspecified atom stereocenters. The molecule has 74 valence electrons. The monoisotopic (exact) mass is 234 g/mol. The molecular formula is C11H7ClN2S. The van der Waals surface area contributed by atoms with Gasteiger partial charge in [-0.3, -0.25) is 0 Å². The molecule has 1 heterocycles. The quantitative estimate of drug-likeness (QED) is 0.821. The predicted octanol–water partition coefficient (Wildman–Crippen LogP) is 3.52. The number of nitrogens with two attached hydrogens (primary N) is 1. The summed E-state index contributed by atoms with van der Waals surface area (Å²) in [7, 11) is 0. The third-order valence-corrected chi connectivity index (χ3v) is 3.20. The van der Waals surface area contributed by atoms with E-state index in [-0.39, 0.29) is 0 Å². The highest BCUT2D eigenvalue weighted by molar-refractivity contribution is 7.11. The van der Waals surface area contributed by atoms with Crippen molar-refractivity contribution >= 4 is 28.6 Å². The van der Waals surface area contributed by atoms with Gasteiger partial charge in [0.1, 0.15) is 10.9 Å². The molecule has 2 nitrogen and oxygen atoms in total. The summed E-state index contributed by atoms with van der Waals surface area (Å²) in [6, 6.07) is 9.48. The molecular weight excluding hydrogens is 228 g/mol. The summed E-state index contributed by atoms with van der Waals surface area (Å²) in [5.74, 6) is 0. The smallest absolute Gasteiger partial charge is 0.128 e. The third-order valence-electron chi connectivity index (χ3n) is 2.07. The Bertz CT molecular complexity index is 540. The molecule has 2 N–H and O–H groups in total. The maximum atomic E-state index is 8.79. The van der Waals surface area contributed by atoms with E-state index in [0.717, 1.165) is 11.1 Å². The minimum atomic E-state index is 0.532.